The molecule has 0 amide bonds. The molecule has 8 heteroatoms. The van der Waals surface area contributed by atoms with E-state index in [0.717, 1.165) is 21.2 Å². The minimum atomic E-state index is 0.0987. The lowest BCUT2D eigenvalue weighted by Crippen LogP contribution is -2.03. The van der Waals surface area contributed by atoms with Crippen molar-refractivity contribution in [1.82, 2.24) is 15.0 Å². The van der Waals surface area contributed by atoms with E-state index in [4.69, 9.17) is 11.6 Å². The van der Waals surface area contributed by atoms with Crippen LogP contribution in [0.1, 0.15) is 0 Å². The summed E-state index contributed by atoms with van der Waals surface area (Å²) < 4.78 is 0. The Bertz CT molecular complexity index is 743. The highest BCUT2D eigenvalue weighted by atomic mass is 35.5. The molecule has 0 saturated carbocycles. The molecule has 3 aromatic rings. The summed E-state index contributed by atoms with van der Waals surface area (Å²) >= 11 is 14.5. The molecule has 0 spiro atoms. The van der Waals surface area contributed by atoms with E-state index < -0.39 is 0 Å². The zero-order valence-corrected chi connectivity index (χ0v) is 14.3. The molecule has 0 radical (unpaired) electrons. The van der Waals surface area contributed by atoms with Gasteiger partial charge >= 0.3 is 0 Å². The second-order valence-electron chi connectivity index (χ2n) is 4.60. The number of aromatic nitrogens is 3. The lowest BCUT2D eigenvalue weighted by molar-refractivity contribution is 1.06. The monoisotopic (exact) mass is 361 g/mol. The molecule has 2 aromatic carbocycles. The van der Waals surface area contributed by atoms with Crippen molar-refractivity contribution in [2.75, 3.05) is 10.6 Å². The fourth-order valence-electron chi connectivity index (χ4n) is 1.81. The van der Waals surface area contributed by atoms with Gasteiger partial charge in [-0.25, -0.2) is 0 Å². The number of nitrogens with one attached hydrogen (secondary N) is 2. The molecule has 1 aromatic heterocycles. The van der Waals surface area contributed by atoms with Crippen molar-refractivity contribution in [3.63, 3.8) is 0 Å². The lowest BCUT2D eigenvalue weighted by Gasteiger charge is -2.08. The molecular formula is C15H12ClN5S2. The van der Waals surface area contributed by atoms with Crippen LogP contribution < -0.4 is 10.6 Å². The van der Waals surface area contributed by atoms with Crippen LogP contribution in [-0.2, 0) is 0 Å². The predicted molar refractivity (Wildman–Crippen MR) is 98.8 cm³/mol. The molecule has 2 N–H and O–H groups in total. The number of benzene rings is 2. The molecule has 116 valence electrons. The van der Waals surface area contributed by atoms with Gasteiger partial charge in [-0.1, -0.05) is 0 Å². The number of thiol groups is 2. The van der Waals surface area contributed by atoms with Crippen molar-refractivity contribution in [2.45, 2.75) is 9.79 Å². The van der Waals surface area contributed by atoms with Gasteiger partial charge in [-0.15, -0.1) is 25.3 Å². The van der Waals surface area contributed by atoms with Crippen LogP contribution in [0, 0.1) is 0 Å². The third kappa shape index (κ3) is 4.51. The quantitative estimate of drug-likeness (QED) is 0.512. The van der Waals surface area contributed by atoms with E-state index in [1.54, 1.807) is 0 Å². The minimum absolute atomic E-state index is 0.0987. The molecule has 0 saturated heterocycles. The molecule has 1 heterocycles. The number of rotatable bonds is 4. The van der Waals surface area contributed by atoms with Gasteiger partial charge in [0.1, 0.15) is 0 Å². The SMILES string of the molecule is Sc1ccc(Nc2nc(Cl)nc(Nc3ccc(S)cc3)n2)cc1. The molecule has 0 unspecified atom stereocenters. The molecule has 0 fully saturated rings. The second-order valence-corrected chi connectivity index (χ2v) is 5.97. The Balaban J connectivity index is 1.81. The van der Waals surface area contributed by atoms with Crippen molar-refractivity contribution in [3.8, 4) is 0 Å². The van der Waals surface area contributed by atoms with Crippen molar-refractivity contribution in [2.24, 2.45) is 0 Å². The summed E-state index contributed by atoms with van der Waals surface area (Å²) in [6.07, 6.45) is 0. The van der Waals surface area contributed by atoms with Gasteiger partial charge in [-0.05, 0) is 60.1 Å². The standard InChI is InChI=1S/C15H12ClN5S2/c16-13-19-14(17-9-1-5-11(22)6-2-9)21-15(20-13)18-10-3-7-12(23)8-4-10/h1-8,22-23H,(H2,17,18,19,20,21). The topological polar surface area (TPSA) is 62.7 Å². The molecule has 0 aliphatic rings. The number of anilines is 4. The third-order valence-electron chi connectivity index (χ3n) is 2.86. The predicted octanol–water partition coefficient (Wildman–Crippen LogP) is 4.59. The maximum absolute atomic E-state index is 5.97. The summed E-state index contributed by atoms with van der Waals surface area (Å²) in [4.78, 5) is 14.2. The first-order valence-electron chi connectivity index (χ1n) is 6.62. The normalized spacial score (nSPS) is 10.4. The fraction of sp³-hybridized carbons (Fsp3) is 0. The molecule has 3 rings (SSSR count). The first-order valence-corrected chi connectivity index (χ1v) is 7.89. The molecule has 0 aliphatic heterocycles. The van der Waals surface area contributed by atoms with Gasteiger partial charge in [-0.3, -0.25) is 0 Å². The molecule has 0 bridgehead atoms. The van der Waals surface area contributed by atoms with Crippen LogP contribution >= 0.6 is 36.9 Å². The van der Waals surface area contributed by atoms with E-state index in [-0.39, 0.29) is 5.28 Å². The zero-order valence-electron chi connectivity index (χ0n) is 11.7. The zero-order chi connectivity index (χ0) is 16.2. The van der Waals surface area contributed by atoms with E-state index >= 15 is 0 Å². The van der Waals surface area contributed by atoms with E-state index in [1.807, 2.05) is 48.5 Å². The Kier molecular flexibility index (Phi) is 4.90. The van der Waals surface area contributed by atoms with E-state index in [2.05, 4.69) is 50.8 Å². The van der Waals surface area contributed by atoms with Gasteiger partial charge in [0.15, 0.2) is 0 Å². The van der Waals surface area contributed by atoms with E-state index in [9.17, 15) is 0 Å². The number of nitrogens with zero attached hydrogens (tertiary/aromatic N) is 3. The summed E-state index contributed by atoms with van der Waals surface area (Å²) in [5, 5.41) is 6.25. The molecule has 23 heavy (non-hydrogen) atoms. The van der Waals surface area contributed by atoms with Crippen LogP contribution in [0.25, 0.3) is 0 Å². The van der Waals surface area contributed by atoms with Gasteiger partial charge in [0, 0.05) is 21.2 Å². The van der Waals surface area contributed by atoms with Crippen molar-refractivity contribution in [3.05, 3.63) is 53.8 Å². The summed E-state index contributed by atoms with van der Waals surface area (Å²) in [6, 6.07) is 15.0. The van der Waals surface area contributed by atoms with Gasteiger partial charge in [0.05, 0.1) is 0 Å². The van der Waals surface area contributed by atoms with E-state index in [0.29, 0.717) is 11.9 Å². The Labute approximate surface area is 149 Å². The first-order chi connectivity index (χ1) is 11.1. The summed E-state index contributed by atoms with van der Waals surface area (Å²) in [6.45, 7) is 0. The van der Waals surface area contributed by atoms with E-state index in [1.165, 1.54) is 0 Å². The second kappa shape index (κ2) is 7.08. The summed E-state index contributed by atoms with van der Waals surface area (Å²) in [7, 11) is 0. The Morgan fingerprint density at radius 3 is 1.43 bits per heavy atom. The third-order valence-corrected chi connectivity index (χ3v) is 3.62. The molecular weight excluding hydrogens is 350 g/mol. The summed E-state index contributed by atoms with van der Waals surface area (Å²) in [5.41, 5.74) is 1.66. The van der Waals surface area contributed by atoms with Crippen LogP contribution in [0.3, 0.4) is 0 Å². The van der Waals surface area contributed by atoms with Gasteiger partial charge in [0.25, 0.3) is 0 Å². The minimum Gasteiger partial charge on any atom is -0.324 e. The summed E-state index contributed by atoms with van der Waals surface area (Å²) in [5.74, 6) is 0.704. The Morgan fingerprint density at radius 2 is 1.04 bits per heavy atom. The molecule has 0 atom stereocenters. The number of hydrogen-bond donors (Lipinski definition) is 4. The smallest absolute Gasteiger partial charge is 0.233 e. The van der Waals surface area contributed by atoms with Crippen molar-refractivity contribution in [1.29, 1.82) is 0 Å². The first kappa shape index (κ1) is 15.9. The maximum Gasteiger partial charge on any atom is 0.233 e. The van der Waals surface area contributed by atoms with Crippen LogP contribution in [0.4, 0.5) is 23.3 Å². The number of hydrogen-bond acceptors (Lipinski definition) is 7. The fourth-order valence-corrected chi connectivity index (χ4v) is 2.27. The van der Waals surface area contributed by atoms with Gasteiger partial charge < -0.3 is 10.6 Å². The molecule has 5 nitrogen and oxygen atoms in total. The average molecular weight is 362 g/mol. The van der Waals surface area contributed by atoms with Gasteiger partial charge in [-0.2, -0.15) is 15.0 Å². The Hall–Kier alpha value is -1.96. The van der Waals surface area contributed by atoms with Crippen molar-refractivity contribution < 1.29 is 0 Å². The highest BCUT2D eigenvalue weighted by Crippen LogP contribution is 2.20. The van der Waals surface area contributed by atoms with Crippen molar-refractivity contribution >= 4 is 60.1 Å². The maximum atomic E-state index is 5.97. The van der Waals surface area contributed by atoms with Crippen LogP contribution in [-0.4, -0.2) is 15.0 Å². The Morgan fingerprint density at radius 1 is 0.652 bits per heavy atom. The molecule has 0 aliphatic carbocycles. The average Bonchev–Trinajstić information content (AvgIpc) is 2.51. The number of halogens is 1. The largest absolute Gasteiger partial charge is 0.324 e. The van der Waals surface area contributed by atoms with Crippen LogP contribution in [0.5, 0.6) is 0 Å². The lowest BCUT2D eigenvalue weighted by atomic mass is 10.3. The van der Waals surface area contributed by atoms with Crippen LogP contribution in [0.15, 0.2) is 58.3 Å². The van der Waals surface area contributed by atoms with Crippen LogP contribution in [0.2, 0.25) is 5.28 Å². The highest BCUT2D eigenvalue weighted by Gasteiger charge is 2.06. The van der Waals surface area contributed by atoms with Gasteiger partial charge in [0.2, 0.25) is 17.2 Å². The highest BCUT2D eigenvalue weighted by molar-refractivity contribution is 7.80.